The number of aryl methyl sites for hydroxylation is 1. The van der Waals surface area contributed by atoms with Crippen LogP contribution < -0.4 is 0 Å². The highest BCUT2D eigenvalue weighted by Gasteiger charge is 2.14. The van der Waals surface area contributed by atoms with Gasteiger partial charge in [-0.25, -0.2) is 4.79 Å². The molecule has 21 heavy (non-hydrogen) atoms. The smallest absolute Gasteiger partial charge is 0.336 e. The lowest BCUT2D eigenvalue weighted by Crippen LogP contribution is -2.01. The first-order chi connectivity index (χ1) is 9.97. The quantitative estimate of drug-likeness (QED) is 0.526. The first kappa shape index (κ1) is 14.5. The average Bonchev–Trinajstić information content (AvgIpc) is 2.46. The van der Waals surface area contributed by atoms with Gasteiger partial charge >= 0.3 is 5.97 Å². The van der Waals surface area contributed by atoms with E-state index >= 15 is 0 Å². The molecule has 0 radical (unpaired) electrons. The van der Waals surface area contributed by atoms with Crippen molar-refractivity contribution in [1.29, 1.82) is 0 Å². The number of non-ortho nitro benzene ring substituents is 1. The number of carboxylic acids is 1. The second kappa shape index (κ2) is 6.00. The molecule has 2 rings (SSSR count). The molecule has 0 saturated heterocycles. The maximum Gasteiger partial charge on any atom is 0.336 e. The summed E-state index contributed by atoms with van der Waals surface area (Å²) in [6.45, 7) is 1.98. The number of nitro benzene ring substituents is 1. The number of benzene rings is 2. The van der Waals surface area contributed by atoms with E-state index in [9.17, 15) is 14.9 Å². The van der Waals surface area contributed by atoms with Gasteiger partial charge in [0, 0.05) is 12.1 Å². The third-order valence-electron chi connectivity index (χ3n) is 3.01. The minimum Gasteiger partial charge on any atom is -0.478 e. The SMILES string of the molecule is Cc1ccc(C=Cc2ccc([N+](=O)[O-])cc2C(=O)O)cc1. The van der Waals surface area contributed by atoms with Crippen LogP contribution in [0.1, 0.15) is 27.0 Å². The summed E-state index contributed by atoms with van der Waals surface area (Å²) in [4.78, 5) is 21.3. The van der Waals surface area contributed by atoms with Crippen LogP contribution in [0.3, 0.4) is 0 Å². The zero-order valence-corrected chi connectivity index (χ0v) is 11.3. The summed E-state index contributed by atoms with van der Waals surface area (Å²) in [5.41, 5.74) is 2.16. The van der Waals surface area contributed by atoms with Crippen molar-refractivity contribution in [3.8, 4) is 0 Å². The third kappa shape index (κ3) is 3.54. The molecule has 0 spiro atoms. The minimum atomic E-state index is -1.19. The molecule has 0 aliphatic carbocycles. The lowest BCUT2D eigenvalue weighted by Gasteiger charge is -2.01. The Kier molecular flexibility index (Phi) is 4.13. The molecule has 2 aromatic rings. The molecule has 0 amide bonds. The van der Waals surface area contributed by atoms with E-state index in [-0.39, 0.29) is 11.3 Å². The Labute approximate surface area is 121 Å². The lowest BCUT2D eigenvalue weighted by atomic mass is 10.0. The van der Waals surface area contributed by atoms with Crippen LogP contribution >= 0.6 is 0 Å². The number of aromatic carboxylic acids is 1. The molecule has 0 aromatic heterocycles. The van der Waals surface area contributed by atoms with E-state index in [0.717, 1.165) is 17.2 Å². The summed E-state index contributed by atoms with van der Waals surface area (Å²) in [6.07, 6.45) is 3.41. The first-order valence-electron chi connectivity index (χ1n) is 6.24. The Morgan fingerprint density at radius 1 is 1.14 bits per heavy atom. The lowest BCUT2D eigenvalue weighted by molar-refractivity contribution is -0.384. The molecule has 0 bridgehead atoms. The van der Waals surface area contributed by atoms with Gasteiger partial charge < -0.3 is 5.11 Å². The summed E-state index contributed by atoms with van der Waals surface area (Å²) >= 11 is 0. The maximum absolute atomic E-state index is 11.2. The van der Waals surface area contributed by atoms with Crippen LogP contribution in [0.2, 0.25) is 0 Å². The molecule has 0 atom stereocenters. The van der Waals surface area contributed by atoms with Gasteiger partial charge in [0.25, 0.3) is 5.69 Å². The second-order valence-corrected chi connectivity index (χ2v) is 4.58. The Bertz CT molecular complexity index is 718. The molecular formula is C16H13NO4. The van der Waals surface area contributed by atoms with Crippen molar-refractivity contribution in [1.82, 2.24) is 0 Å². The van der Waals surface area contributed by atoms with Gasteiger partial charge in [0.05, 0.1) is 10.5 Å². The van der Waals surface area contributed by atoms with Crippen LogP contribution in [-0.2, 0) is 0 Å². The molecule has 0 fully saturated rings. The Hall–Kier alpha value is -2.95. The van der Waals surface area contributed by atoms with E-state index in [2.05, 4.69) is 0 Å². The topological polar surface area (TPSA) is 80.4 Å². The fourth-order valence-corrected chi connectivity index (χ4v) is 1.85. The molecule has 0 saturated carbocycles. The average molecular weight is 283 g/mol. The van der Waals surface area contributed by atoms with Crippen LogP contribution in [0.5, 0.6) is 0 Å². The number of nitrogens with zero attached hydrogens (tertiary/aromatic N) is 1. The van der Waals surface area contributed by atoms with Gasteiger partial charge in [-0.05, 0) is 24.1 Å². The molecule has 0 aliphatic rings. The largest absolute Gasteiger partial charge is 0.478 e. The molecule has 0 aliphatic heterocycles. The van der Waals surface area contributed by atoms with E-state index in [1.165, 1.54) is 12.1 Å². The molecule has 5 heteroatoms. The van der Waals surface area contributed by atoms with Crippen molar-refractivity contribution >= 4 is 23.8 Å². The molecule has 106 valence electrons. The van der Waals surface area contributed by atoms with Crippen molar-refractivity contribution in [3.05, 3.63) is 74.8 Å². The number of hydrogen-bond acceptors (Lipinski definition) is 3. The van der Waals surface area contributed by atoms with Crippen molar-refractivity contribution in [2.24, 2.45) is 0 Å². The van der Waals surface area contributed by atoms with Gasteiger partial charge in [-0.15, -0.1) is 0 Å². The number of nitro groups is 1. The van der Waals surface area contributed by atoms with Gasteiger partial charge in [-0.1, -0.05) is 42.0 Å². The molecule has 2 aromatic carbocycles. The van der Waals surface area contributed by atoms with Crippen LogP contribution in [-0.4, -0.2) is 16.0 Å². The Morgan fingerprint density at radius 3 is 2.38 bits per heavy atom. The summed E-state index contributed by atoms with van der Waals surface area (Å²) in [5.74, 6) is -1.19. The number of hydrogen-bond donors (Lipinski definition) is 1. The van der Waals surface area contributed by atoms with Gasteiger partial charge in [-0.2, -0.15) is 0 Å². The number of carbonyl (C=O) groups is 1. The van der Waals surface area contributed by atoms with Gasteiger partial charge in [0.2, 0.25) is 0 Å². The standard InChI is InChI=1S/C16H13NO4/c1-11-2-4-12(5-3-11)6-7-13-8-9-14(17(20)21)10-15(13)16(18)19/h2-10H,1H3,(H,18,19). The number of carboxylic acid groups (broad SMARTS) is 1. The summed E-state index contributed by atoms with van der Waals surface area (Å²) in [5, 5.41) is 19.8. The molecular weight excluding hydrogens is 270 g/mol. The van der Waals surface area contributed by atoms with E-state index in [4.69, 9.17) is 5.11 Å². The molecule has 5 nitrogen and oxygen atoms in total. The maximum atomic E-state index is 11.2. The summed E-state index contributed by atoms with van der Waals surface area (Å²) < 4.78 is 0. The van der Waals surface area contributed by atoms with E-state index < -0.39 is 10.9 Å². The summed E-state index contributed by atoms with van der Waals surface area (Å²) in [7, 11) is 0. The Balaban J connectivity index is 2.37. The fraction of sp³-hybridized carbons (Fsp3) is 0.0625. The first-order valence-corrected chi connectivity index (χ1v) is 6.24. The molecule has 0 heterocycles. The van der Waals surface area contributed by atoms with E-state index in [1.807, 2.05) is 31.2 Å². The predicted octanol–water partition coefficient (Wildman–Crippen LogP) is 3.77. The Morgan fingerprint density at radius 2 is 1.81 bits per heavy atom. The highest BCUT2D eigenvalue weighted by molar-refractivity contribution is 5.94. The zero-order valence-electron chi connectivity index (χ0n) is 11.3. The minimum absolute atomic E-state index is 0.0902. The number of rotatable bonds is 4. The van der Waals surface area contributed by atoms with Gasteiger partial charge in [-0.3, -0.25) is 10.1 Å². The van der Waals surface area contributed by atoms with Gasteiger partial charge in [0.15, 0.2) is 0 Å². The van der Waals surface area contributed by atoms with Gasteiger partial charge in [0.1, 0.15) is 0 Å². The van der Waals surface area contributed by atoms with Crippen molar-refractivity contribution in [2.45, 2.75) is 6.92 Å². The van der Waals surface area contributed by atoms with Crippen molar-refractivity contribution in [3.63, 3.8) is 0 Å². The fourth-order valence-electron chi connectivity index (χ4n) is 1.85. The third-order valence-corrected chi connectivity index (χ3v) is 3.01. The second-order valence-electron chi connectivity index (χ2n) is 4.58. The highest BCUT2D eigenvalue weighted by atomic mass is 16.6. The van der Waals surface area contributed by atoms with Crippen LogP contribution in [0, 0.1) is 17.0 Å². The van der Waals surface area contributed by atoms with E-state index in [1.54, 1.807) is 12.2 Å². The van der Waals surface area contributed by atoms with Crippen LogP contribution in [0.25, 0.3) is 12.2 Å². The summed E-state index contributed by atoms with van der Waals surface area (Å²) in [6, 6.07) is 11.5. The van der Waals surface area contributed by atoms with Crippen molar-refractivity contribution < 1.29 is 14.8 Å². The highest BCUT2D eigenvalue weighted by Crippen LogP contribution is 2.20. The van der Waals surface area contributed by atoms with Crippen molar-refractivity contribution in [2.75, 3.05) is 0 Å². The zero-order chi connectivity index (χ0) is 15.4. The normalized spacial score (nSPS) is 10.7. The predicted molar refractivity (Wildman–Crippen MR) is 80.2 cm³/mol. The molecule has 0 unspecified atom stereocenters. The van der Waals surface area contributed by atoms with Crippen LogP contribution in [0.4, 0.5) is 5.69 Å². The monoisotopic (exact) mass is 283 g/mol. The van der Waals surface area contributed by atoms with Crippen LogP contribution in [0.15, 0.2) is 42.5 Å². The van der Waals surface area contributed by atoms with E-state index in [0.29, 0.717) is 5.56 Å². The molecule has 1 N–H and O–H groups in total.